The standard InChI is InChI=1S/C14H21NS/c1-4-8-14(9-5-1)16-12-10-13-7-3-2-6-11-15-13/h1,4-5,8-9,13,15H,2-3,6-7,10-12H2. The minimum absolute atomic E-state index is 0.763. The molecule has 0 aromatic heterocycles. The first-order valence-corrected chi connectivity index (χ1v) is 7.35. The normalized spacial score (nSPS) is 21.6. The monoisotopic (exact) mass is 235 g/mol. The van der Waals surface area contributed by atoms with Crippen LogP contribution >= 0.6 is 11.8 Å². The molecule has 1 aliphatic rings. The van der Waals surface area contributed by atoms with Crippen LogP contribution in [0.3, 0.4) is 0 Å². The van der Waals surface area contributed by atoms with Gasteiger partial charge in [0.1, 0.15) is 0 Å². The van der Waals surface area contributed by atoms with Crippen LogP contribution in [-0.4, -0.2) is 18.3 Å². The second kappa shape index (κ2) is 6.97. The van der Waals surface area contributed by atoms with Gasteiger partial charge >= 0.3 is 0 Å². The summed E-state index contributed by atoms with van der Waals surface area (Å²) in [7, 11) is 0. The molecule has 1 N–H and O–H groups in total. The Bertz CT molecular complexity index is 278. The average Bonchev–Trinajstić information content (AvgIpc) is 2.59. The summed E-state index contributed by atoms with van der Waals surface area (Å²) in [4.78, 5) is 1.40. The number of rotatable bonds is 4. The van der Waals surface area contributed by atoms with Crippen LogP contribution in [0.15, 0.2) is 35.2 Å². The fourth-order valence-corrected chi connectivity index (χ4v) is 3.17. The quantitative estimate of drug-likeness (QED) is 0.799. The fourth-order valence-electron chi connectivity index (χ4n) is 2.18. The Morgan fingerprint density at radius 2 is 2.00 bits per heavy atom. The first-order chi connectivity index (χ1) is 7.95. The van der Waals surface area contributed by atoms with E-state index in [9.17, 15) is 0 Å². The predicted molar refractivity (Wildman–Crippen MR) is 72.0 cm³/mol. The summed E-state index contributed by atoms with van der Waals surface area (Å²) in [6.07, 6.45) is 6.86. The maximum atomic E-state index is 3.65. The number of hydrogen-bond acceptors (Lipinski definition) is 2. The summed E-state index contributed by atoms with van der Waals surface area (Å²) in [6, 6.07) is 11.5. The van der Waals surface area contributed by atoms with Crippen LogP contribution in [-0.2, 0) is 0 Å². The number of benzene rings is 1. The second-order valence-electron chi connectivity index (χ2n) is 4.45. The highest BCUT2D eigenvalue weighted by molar-refractivity contribution is 7.99. The number of thioether (sulfide) groups is 1. The van der Waals surface area contributed by atoms with Crippen LogP contribution in [0, 0.1) is 0 Å². The molecule has 0 bridgehead atoms. The van der Waals surface area contributed by atoms with Crippen molar-refractivity contribution in [2.24, 2.45) is 0 Å². The summed E-state index contributed by atoms with van der Waals surface area (Å²) in [5, 5.41) is 3.65. The molecule has 0 saturated carbocycles. The van der Waals surface area contributed by atoms with E-state index in [1.54, 1.807) is 0 Å². The Morgan fingerprint density at radius 3 is 2.88 bits per heavy atom. The molecule has 1 saturated heterocycles. The first-order valence-electron chi connectivity index (χ1n) is 6.36. The summed E-state index contributed by atoms with van der Waals surface area (Å²) < 4.78 is 0. The van der Waals surface area contributed by atoms with E-state index in [0.717, 1.165) is 6.04 Å². The third-order valence-corrected chi connectivity index (χ3v) is 4.19. The zero-order valence-electron chi connectivity index (χ0n) is 9.82. The van der Waals surface area contributed by atoms with Crippen LogP contribution in [0.2, 0.25) is 0 Å². The third kappa shape index (κ3) is 4.18. The Labute approximate surface area is 103 Å². The second-order valence-corrected chi connectivity index (χ2v) is 5.62. The molecule has 1 atom stereocenters. The van der Waals surface area contributed by atoms with Crippen molar-refractivity contribution in [1.29, 1.82) is 0 Å². The third-order valence-electron chi connectivity index (χ3n) is 3.14. The lowest BCUT2D eigenvalue weighted by atomic mass is 10.1. The molecule has 0 radical (unpaired) electrons. The Balaban J connectivity index is 1.67. The fraction of sp³-hybridized carbons (Fsp3) is 0.571. The minimum atomic E-state index is 0.763. The summed E-state index contributed by atoms with van der Waals surface area (Å²) in [6.45, 7) is 1.22. The van der Waals surface area contributed by atoms with E-state index in [0.29, 0.717) is 0 Å². The van der Waals surface area contributed by atoms with E-state index < -0.39 is 0 Å². The highest BCUT2D eigenvalue weighted by Crippen LogP contribution is 2.20. The zero-order valence-corrected chi connectivity index (χ0v) is 10.6. The van der Waals surface area contributed by atoms with Crippen LogP contribution in [0.1, 0.15) is 32.1 Å². The van der Waals surface area contributed by atoms with Crippen molar-refractivity contribution in [3.63, 3.8) is 0 Å². The Hall–Kier alpha value is -0.470. The molecule has 1 heterocycles. The molecule has 1 aromatic rings. The van der Waals surface area contributed by atoms with Crippen molar-refractivity contribution in [3.05, 3.63) is 30.3 Å². The maximum absolute atomic E-state index is 3.65. The summed E-state index contributed by atoms with van der Waals surface area (Å²) in [5.74, 6) is 1.24. The van der Waals surface area contributed by atoms with E-state index in [1.807, 2.05) is 11.8 Å². The molecule has 0 aliphatic carbocycles. The van der Waals surface area contributed by atoms with Gasteiger partial charge in [-0.05, 0) is 43.7 Å². The smallest absolute Gasteiger partial charge is 0.00750 e. The summed E-state index contributed by atoms with van der Waals surface area (Å²) >= 11 is 1.98. The van der Waals surface area contributed by atoms with Gasteiger partial charge in [-0.15, -0.1) is 11.8 Å². The van der Waals surface area contributed by atoms with Gasteiger partial charge in [0, 0.05) is 10.9 Å². The molecule has 2 heteroatoms. The van der Waals surface area contributed by atoms with Gasteiger partial charge in [0.25, 0.3) is 0 Å². The molecular formula is C14H21NS. The molecule has 1 aliphatic heterocycles. The Morgan fingerprint density at radius 1 is 1.12 bits per heavy atom. The molecule has 1 aromatic carbocycles. The molecule has 0 amide bonds. The van der Waals surface area contributed by atoms with Crippen molar-refractivity contribution in [3.8, 4) is 0 Å². The van der Waals surface area contributed by atoms with Gasteiger partial charge in [0.05, 0.1) is 0 Å². The van der Waals surface area contributed by atoms with Gasteiger partial charge in [0.2, 0.25) is 0 Å². The predicted octanol–water partition coefficient (Wildman–Crippen LogP) is 3.70. The lowest BCUT2D eigenvalue weighted by molar-refractivity contribution is 0.500. The molecule has 16 heavy (non-hydrogen) atoms. The van der Waals surface area contributed by atoms with Crippen molar-refractivity contribution in [2.75, 3.05) is 12.3 Å². The van der Waals surface area contributed by atoms with Crippen molar-refractivity contribution < 1.29 is 0 Å². The molecular weight excluding hydrogens is 214 g/mol. The lowest BCUT2D eigenvalue weighted by Crippen LogP contribution is -2.28. The maximum Gasteiger partial charge on any atom is 0.00750 e. The highest BCUT2D eigenvalue weighted by Gasteiger charge is 2.10. The SMILES string of the molecule is c1ccc(SCCC2CCCCCN2)cc1. The van der Waals surface area contributed by atoms with Gasteiger partial charge in [-0.2, -0.15) is 0 Å². The van der Waals surface area contributed by atoms with E-state index in [1.165, 1.54) is 49.3 Å². The van der Waals surface area contributed by atoms with Crippen LogP contribution in [0.5, 0.6) is 0 Å². The van der Waals surface area contributed by atoms with Gasteiger partial charge in [-0.3, -0.25) is 0 Å². The van der Waals surface area contributed by atoms with Gasteiger partial charge < -0.3 is 5.32 Å². The van der Waals surface area contributed by atoms with Gasteiger partial charge in [-0.1, -0.05) is 31.0 Å². The number of nitrogens with one attached hydrogen (secondary N) is 1. The molecule has 2 rings (SSSR count). The van der Waals surface area contributed by atoms with E-state index >= 15 is 0 Å². The molecule has 1 nitrogen and oxygen atoms in total. The zero-order chi connectivity index (χ0) is 11.1. The van der Waals surface area contributed by atoms with E-state index in [4.69, 9.17) is 0 Å². The van der Waals surface area contributed by atoms with Crippen molar-refractivity contribution >= 4 is 11.8 Å². The van der Waals surface area contributed by atoms with Crippen LogP contribution < -0.4 is 5.32 Å². The summed E-state index contributed by atoms with van der Waals surface area (Å²) in [5.41, 5.74) is 0. The average molecular weight is 235 g/mol. The Kier molecular flexibility index (Phi) is 5.23. The highest BCUT2D eigenvalue weighted by atomic mass is 32.2. The van der Waals surface area contributed by atoms with Gasteiger partial charge in [0.15, 0.2) is 0 Å². The number of hydrogen-bond donors (Lipinski definition) is 1. The topological polar surface area (TPSA) is 12.0 Å². The van der Waals surface area contributed by atoms with Gasteiger partial charge in [-0.25, -0.2) is 0 Å². The van der Waals surface area contributed by atoms with Crippen molar-refractivity contribution in [2.45, 2.75) is 43.0 Å². The molecule has 1 unspecified atom stereocenters. The van der Waals surface area contributed by atoms with E-state index in [-0.39, 0.29) is 0 Å². The van der Waals surface area contributed by atoms with Crippen molar-refractivity contribution in [1.82, 2.24) is 5.32 Å². The largest absolute Gasteiger partial charge is 0.314 e. The van der Waals surface area contributed by atoms with Crippen LogP contribution in [0.4, 0.5) is 0 Å². The first kappa shape index (κ1) is 12.0. The van der Waals surface area contributed by atoms with Crippen LogP contribution in [0.25, 0.3) is 0 Å². The molecule has 0 spiro atoms. The minimum Gasteiger partial charge on any atom is -0.314 e. The molecule has 88 valence electrons. The molecule has 1 fully saturated rings. The van der Waals surface area contributed by atoms with E-state index in [2.05, 4.69) is 35.6 Å². The lowest BCUT2D eigenvalue weighted by Gasteiger charge is -2.14.